The fourth-order valence-electron chi connectivity index (χ4n) is 4.22. The molecule has 0 unspecified atom stereocenters. The number of halogens is 2. The first-order valence-electron chi connectivity index (χ1n) is 12.8. The van der Waals surface area contributed by atoms with Gasteiger partial charge < -0.3 is 14.2 Å². The average Bonchev–Trinajstić information content (AvgIpc) is 2.99. The summed E-state index contributed by atoms with van der Waals surface area (Å²) < 4.78 is 17.1. The van der Waals surface area contributed by atoms with E-state index in [-0.39, 0.29) is 29.5 Å². The Hall–Kier alpha value is -4.79. The number of nitrogens with zero attached hydrogens (tertiary/aromatic N) is 1. The summed E-state index contributed by atoms with van der Waals surface area (Å²) in [6.45, 7) is 0.505. The number of hydrogen-bond donors (Lipinski definition) is 1. The zero-order valence-electron chi connectivity index (χ0n) is 22.3. The third kappa shape index (κ3) is 6.40. The predicted molar refractivity (Wildman–Crippen MR) is 160 cm³/mol. The van der Waals surface area contributed by atoms with Crippen LogP contribution in [-0.2, 0) is 22.8 Å². The Kier molecular flexibility index (Phi) is 8.76. The largest absolute Gasteiger partial charge is 0.493 e. The molecule has 1 heterocycles. The van der Waals surface area contributed by atoms with Gasteiger partial charge in [0.2, 0.25) is 0 Å². The fraction of sp³-hybridized carbons (Fsp3) is 0.0938. The SMILES string of the molecule is COc1cc(/C=C2\C(=O)NC(=O)N(c3ccc(OCc4ccccc4Cl)cc3)C2=O)cc(Cl)c1OCc1ccccc1. The quantitative estimate of drug-likeness (QED) is 0.167. The number of hydrogen-bond acceptors (Lipinski definition) is 6. The minimum atomic E-state index is -0.868. The van der Waals surface area contributed by atoms with Gasteiger partial charge in [0, 0.05) is 10.6 Å². The first-order chi connectivity index (χ1) is 20.3. The van der Waals surface area contributed by atoms with Crippen LogP contribution in [0, 0.1) is 0 Å². The summed E-state index contributed by atoms with van der Waals surface area (Å²) in [6.07, 6.45) is 1.34. The van der Waals surface area contributed by atoms with Crippen LogP contribution in [0.15, 0.2) is 96.6 Å². The molecule has 4 amide bonds. The summed E-state index contributed by atoms with van der Waals surface area (Å²) in [4.78, 5) is 39.6. The van der Waals surface area contributed by atoms with Crippen LogP contribution in [-0.4, -0.2) is 25.0 Å². The Bertz CT molecular complexity index is 1670. The first-order valence-corrected chi connectivity index (χ1v) is 13.5. The van der Waals surface area contributed by atoms with Gasteiger partial charge in [0.05, 0.1) is 17.8 Å². The minimum absolute atomic E-state index is 0.223. The van der Waals surface area contributed by atoms with Crippen LogP contribution >= 0.6 is 23.2 Å². The van der Waals surface area contributed by atoms with Gasteiger partial charge in [-0.25, -0.2) is 9.69 Å². The van der Waals surface area contributed by atoms with Crippen molar-refractivity contribution >= 4 is 52.8 Å². The molecule has 1 aliphatic heterocycles. The van der Waals surface area contributed by atoms with Crippen LogP contribution in [0.4, 0.5) is 10.5 Å². The lowest BCUT2D eigenvalue weighted by atomic mass is 10.1. The molecule has 0 radical (unpaired) electrons. The number of benzene rings is 4. The van der Waals surface area contributed by atoms with Crippen LogP contribution in [0.1, 0.15) is 16.7 Å². The van der Waals surface area contributed by atoms with E-state index in [0.29, 0.717) is 27.8 Å². The van der Waals surface area contributed by atoms with Crippen LogP contribution in [0.5, 0.6) is 17.2 Å². The Morgan fingerprint density at radius 3 is 2.24 bits per heavy atom. The second kappa shape index (κ2) is 12.8. The minimum Gasteiger partial charge on any atom is -0.493 e. The predicted octanol–water partition coefficient (Wildman–Crippen LogP) is 6.83. The van der Waals surface area contributed by atoms with Gasteiger partial charge in [0.25, 0.3) is 11.8 Å². The lowest BCUT2D eigenvalue weighted by Crippen LogP contribution is -2.54. The molecule has 0 saturated carbocycles. The topological polar surface area (TPSA) is 94.2 Å². The molecule has 4 aromatic carbocycles. The van der Waals surface area contributed by atoms with Gasteiger partial charge in [-0.3, -0.25) is 14.9 Å². The number of urea groups is 1. The molecule has 0 aliphatic carbocycles. The highest BCUT2D eigenvalue weighted by molar-refractivity contribution is 6.39. The number of methoxy groups -OCH3 is 1. The van der Waals surface area contributed by atoms with E-state index in [1.807, 2.05) is 48.5 Å². The van der Waals surface area contributed by atoms with Gasteiger partial charge in [-0.15, -0.1) is 0 Å². The molecule has 4 aromatic rings. The van der Waals surface area contributed by atoms with E-state index in [0.717, 1.165) is 16.0 Å². The molecule has 1 aliphatic rings. The molecule has 0 bridgehead atoms. The number of rotatable bonds is 9. The number of nitrogens with one attached hydrogen (secondary N) is 1. The van der Waals surface area contributed by atoms with Crippen molar-refractivity contribution in [2.24, 2.45) is 0 Å². The summed E-state index contributed by atoms with van der Waals surface area (Å²) in [7, 11) is 1.46. The molecule has 5 rings (SSSR count). The van der Waals surface area contributed by atoms with Crippen LogP contribution in [0.2, 0.25) is 10.0 Å². The van der Waals surface area contributed by atoms with E-state index < -0.39 is 17.8 Å². The fourth-order valence-corrected chi connectivity index (χ4v) is 4.68. The van der Waals surface area contributed by atoms with Crippen molar-refractivity contribution in [2.45, 2.75) is 13.2 Å². The highest BCUT2D eigenvalue weighted by atomic mass is 35.5. The zero-order valence-corrected chi connectivity index (χ0v) is 23.8. The van der Waals surface area contributed by atoms with Crippen molar-refractivity contribution in [1.29, 1.82) is 0 Å². The third-order valence-corrected chi connectivity index (χ3v) is 6.99. The molecule has 8 nitrogen and oxygen atoms in total. The van der Waals surface area contributed by atoms with Crippen LogP contribution in [0.25, 0.3) is 6.08 Å². The molecule has 212 valence electrons. The maximum absolute atomic E-state index is 13.4. The van der Waals surface area contributed by atoms with E-state index in [1.165, 1.54) is 13.2 Å². The molecule has 0 spiro atoms. The molecule has 42 heavy (non-hydrogen) atoms. The smallest absolute Gasteiger partial charge is 0.335 e. The highest BCUT2D eigenvalue weighted by Crippen LogP contribution is 2.38. The van der Waals surface area contributed by atoms with E-state index in [2.05, 4.69) is 5.32 Å². The molecule has 0 aromatic heterocycles. The average molecular weight is 603 g/mol. The Balaban J connectivity index is 1.35. The molecule has 0 atom stereocenters. The summed E-state index contributed by atoms with van der Waals surface area (Å²) in [5.74, 6) is -0.493. The van der Waals surface area contributed by atoms with Crippen molar-refractivity contribution in [2.75, 3.05) is 12.0 Å². The molecule has 1 N–H and O–H groups in total. The van der Waals surface area contributed by atoms with Crippen molar-refractivity contribution in [1.82, 2.24) is 5.32 Å². The maximum atomic E-state index is 13.4. The Morgan fingerprint density at radius 1 is 0.810 bits per heavy atom. The first kappa shape index (κ1) is 28.7. The summed E-state index contributed by atoms with van der Waals surface area (Å²) >= 11 is 12.7. The number of anilines is 1. The number of amides is 4. The lowest BCUT2D eigenvalue weighted by Gasteiger charge is -2.26. The summed E-state index contributed by atoms with van der Waals surface area (Å²) in [5, 5.41) is 3.02. The van der Waals surface area contributed by atoms with Crippen LogP contribution < -0.4 is 24.4 Å². The number of carbonyl (C=O) groups is 3. The van der Waals surface area contributed by atoms with E-state index in [4.69, 9.17) is 37.4 Å². The number of imide groups is 2. The third-order valence-electron chi connectivity index (χ3n) is 6.34. The highest BCUT2D eigenvalue weighted by Gasteiger charge is 2.37. The zero-order chi connectivity index (χ0) is 29.6. The van der Waals surface area contributed by atoms with Crippen molar-refractivity contribution in [3.63, 3.8) is 0 Å². The molecule has 1 saturated heterocycles. The molecule has 10 heteroatoms. The Morgan fingerprint density at radius 2 is 1.52 bits per heavy atom. The maximum Gasteiger partial charge on any atom is 0.335 e. The van der Waals surface area contributed by atoms with Crippen molar-refractivity contribution in [3.05, 3.63) is 123 Å². The van der Waals surface area contributed by atoms with Gasteiger partial charge in [-0.2, -0.15) is 0 Å². The summed E-state index contributed by atoms with van der Waals surface area (Å²) in [5.41, 5.74) is 2.15. The van der Waals surface area contributed by atoms with Crippen LogP contribution in [0.3, 0.4) is 0 Å². The van der Waals surface area contributed by atoms with Gasteiger partial charge in [0.1, 0.15) is 24.5 Å². The Labute approximate surface area is 252 Å². The second-order valence-corrected chi connectivity index (χ2v) is 9.95. The number of carbonyl (C=O) groups excluding carboxylic acids is 3. The van der Waals surface area contributed by atoms with E-state index >= 15 is 0 Å². The standard InChI is InChI=1S/C32H24Cl2N2O6/c1-40-28-17-21(16-27(34)29(28)42-18-20-7-3-2-4-8-20)15-25-30(37)35-32(39)36(31(25)38)23-11-13-24(14-12-23)41-19-22-9-5-6-10-26(22)33/h2-17H,18-19H2,1H3,(H,35,37,39)/b25-15+. The van der Waals surface area contributed by atoms with Gasteiger partial charge >= 0.3 is 6.03 Å². The number of ether oxygens (including phenoxy) is 3. The van der Waals surface area contributed by atoms with Crippen molar-refractivity contribution in [3.8, 4) is 17.2 Å². The van der Waals surface area contributed by atoms with Gasteiger partial charge in [0.15, 0.2) is 11.5 Å². The van der Waals surface area contributed by atoms with E-state index in [1.54, 1.807) is 42.5 Å². The van der Waals surface area contributed by atoms with Crippen molar-refractivity contribution < 1.29 is 28.6 Å². The van der Waals surface area contributed by atoms with E-state index in [9.17, 15) is 14.4 Å². The molecular formula is C32H24Cl2N2O6. The normalized spacial score (nSPS) is 14.1. The molecular weight excluding hydrogens is 579 g/mol. The van der Waals surface area contributed by atoms with Gasteiger partial charge in [-0.1, -0.05) is 71.7 Å². The van der Waals surface area contributed by atoms with Gasteiger partial charge in [-0.05, 0) is 59.7 Å². The monoisotopic (exact) mass is 602 g/mol. The number of barbiturate groups is 1. The second-order valence-electron chi connectivity index (χ2n) is 9.14. The summed E-state index contributed by atoms with van der Waals surface area (Å²) in [6, 6.07) is 25.5. The lowest BCUT2D eigenvalue weighted by molar-refractivity contribution is -0.122. The molecule has 1 fully saturated rings.